The van der Waals surface area contributed by atoms with Gasteiger partial charge in [0, 0.05) is 12.8 Å². The summed E-state index contributed by atoms with van der Waals surface area (Å²) in [7, 11) is 0. The van der Waals surface area contributed by atoms with E-state index in [1.54, 1.807) is 6.92 Å². The fraction of sp³-hybridized carbons (Fsp3) is 0.800. The van der Waals surface area contributed by atoms with Crippen molar-refractivity contribution >= 4 is 11.8 Å². The van der Waals surface area contributed by atoms with Crippen molar-refractivity contribution in [3.63, 3.8) is 0 Å². The summed E-state index contributed by atoms with van der Waals surface area (Å²) in [6.07, 6.45) is 3.46. The van der Waals surface area contributed by atoms with Gasteiger partial charge in [0.1, 0.15) is 11.9 Å². The Bertz CT molecular complexity index is 202. The predicted octanol–water partition coefficient (Wildman–Crippen LogP) is 1.70. The molecule has 1 rings (SSSR count). The van der Waals surface area contributed by atoms with Gasteiger partial charge in [-0.05, 0) is 32.6 Å². The molecule has 0 aromatic carbocycles. The molecule has 3 heteroatoms. The van der Waals surface area contributed by atoms with Crippen LogP contribution in [-0.2, 0) is 14.3 Å². The van der Waals surface area contributed by atoms with Gasteiger partial charge in [-0.25, -0.2) is 0 Å². The van der Waals surface area contributed by atoms with Crippen LogP contribution in [0.4, 0.5) is 0 Å². The Morgan fingerprint density at radius 2 is 1.62 bits per heavy atom. The molecule has 1 fully saturated rings. The van der Waals surface area contributed by atoms with Gasteiger partial charge in [0.25, 0.3) is 0 Å². The highest BCUT2D eigenvalue weighted by Gasteiger charge is 2.25. The Hall–Kier alpha value is -0.860. The molecule has 0 amide bonds. The number of Topliss-reactive ketones (excluding diaryl/α,β-unsaturated/α-hetero) is 1. The fourth-order valence-corrected chi connectivity index (χ4v) is 1.82. The molecule has 0 aliphatic heterocycles. The number of hydrogen-bond acceptors (Lipinski definition) is 3. The molecule has 0 saturated heterocycles. The van der Waals surface area contributed by atoms with Crippen LogP contribution in [0, 0.1) is 5.92 Å². The molecule has 3 nitrogen and oxygen atoms in total. The first-order valence-corrected chi connectivity index (χ1v) is 4.77. The van der Waals surface area contributed by atoms with E-state index < -0.39 is 0 Å². The number of carbonyl (C=O) groups excluding carboxylic acids is 2. The highest BCUT2D eigenvalue weighted by atomic mass is 16.5. The lowest BCUT2D eigenvalue weighted by Gasteiger charge is -2.26. The van der Waals surface area contributed by atoms with Gasteiger partial charge in [0.2, 0.25) is 0 Å². The summed E-state index contributed by atoms with van der Waals surface area (Å²) in [6, 6.07) is 0. The Balaban J connectivity index is 2.30. The number of esters is 1. The van der Waals surface area contributed by atoms with E-state index in [-0.39, 0.29) is 23.8 Å². The first-order chi connectivity index (χ1) is 6.09. The summed E-state index contributed by atoms with van der Waals surface area (Å²) >= 11 is 0. The zero-order valence-electron chi connectivity index (χ0n) is 8.21. The second-order valence-corrected chi connectivity index (χ2v) is 3.69. The van der Waals surface area contributed by atoms with Crippen molar-refractivity contribution in [2.24, 2.45) is 5.92 Å². The molecule has 0 heterocycles. The van der Waals surface area contributed by atoms with Gasteiger partial charge < -0.3 is 4.74 Å². The van der Waals surface area contributed by atoms with Crippen LogP contribution in [0.1, 0.15) is 39.5 Å². The molecule has 1 aliphatic carbocycles. The quantitative estimate of drug-likeness (QED) is 0.613. The van der Waals surface area contributed by atoms with E-state index in [0.29, 0.717) is 0 Å². The fourth-order valence-electron chi connectivity index (χ4n) is 1.82. The number of ether oxygens (including phenoxy) is 1. The molecule has 74 valence electrons. The van der Waals surface area contributed by atoms with E-state index in [9.17, 15) is 9.59 Å². The normalized spacial score (nSPS) is 28.2. The van der Waals surface area contributed by atoms with Crippen molar-refractivity contribution < 1.29 is 14.3 Å². The molecule has 0 aromatic heterocycles. The molecule has 0 radical (unpaired) electrons. The standard InChI is InChI=1S/C10H16O3/c1-7(11)9-3-5-10(6-4-9)13-8(2)12/h9-10H,3-6H2,1-2H3. The second-order valence-electron chi connectivity index (χ2n) is 3.69. The van der Waals surface area contributed by atoms with Gasteiger partial charge in [-0.15, -0.1) is 0 Å². The highest BCUT2D eigenvalue weighted by Crippen LogP contribution is 2.26. The van der Waals surface area contributed by atoms with Crippen LogP contribution in [-0.4, -0.2) is 17.9 Å². The predicted molar refractivity (Wildman–Crippen MR) is 48.2 cm³/mol. The molecule has 13 heavy (non-hydrogen) atoms. The Kier molecular flexibility index (Phi) is 3.46. The third-order valence-electron chi connectivity index (χ3n) is 2.58. The van der Waals surface area contributed by atoms with Gasteiger partial charge in [-0.1, -0.05) is 0 Å². The van der Waals surface area contributed by atoms with Gasteiger partial charge in [0.05, 0.1) is 0 Å². The number of rotatable bonds is 2. The Labute approximate surface area is 78.5 Å². The second kappa shape index (κ2) is 4.40. The number of carbonyl (C=O) groups is 2. The molecule has 0 atom stereocenters. The largest absolute Gasteiger partial charge is 0.463 e. The van der Waals surface area contributed by atoms with E-state index >= 15 is 0 Å². The Morgan fingerprint density at radius 3 is 2.00 bits per heavy atom. The van der Waals surface area contributed by atoms with E-state index in [0.717, 1.165) is 25.7 Å². The molecular formula is C10H16O3. The van der Waals surface area contributed by atoms with Crippen molar-refractivity contribution in [2.75, 3.05) is 0 Å². The Morgan fingerprint density at radius 1 is 1.08 bits per heavy atom. The number of hydrogen-bond donors (Lipinski definition) is 0. The van der Waals surface area contributed by atoms with Crippen molar-refractivity contribution in [2.45, 2.75) is 45.6 Å². The van der Waals surface area contributed by atoms with Crippen molar-refractivity contribution in [3.05, 3.63) is 0 Å². The highest BCUT2D eigenvalue weighted by molar-refractivity contribution is 5.78. The summed E-state index contributed by atoms with van der Waals surface area (Å²) < 4.78 is 5.07. The van der Waals surface area contributed by atoms with E-state index in [4.69, 9.17) is 4.74 Å². The summed E-state index contributed by atoms with van der Waals surface area (Å²) in [5, 5.41) is 0. The molecule has 0 N–H and O–H groups in total. The average Bonchev–Trinajstić information content (AvgIpc) is 2.04. The SMILES string of the molecule is CC(=O)OC1CCC(C(C)=O)CC1. The third kappa shape index (κ3) is 3.17. The van der Waals surface area contributed by atoms with Crippen LogP contribution >= 0.6 is 0 Å². The zero-order chi connectivity index (χ0) is 9.84. The summed E-state index contributed by atoms with van der Waals surface area (Å²) in [5.74, 6) is 0.249. The average molecular weight is 184 g/mol. The van der Waals surface area contributed by atoms with Crippen molar-refractivity contribution in [3.8, 4) is 0 Å². The summed E-state index contributed by atoms with van der Waals surface area (Å²) in [4.78, 5) is 21.7. The maximum atomic E-state index is 11.0. The molecule has 0 spiro atoms. The van der Waals surface area contributed by atoms with Crippen LogP contribution < -0.4 is 0 Å². The molecular weight excluding hydrogens is 168 g/mol. The van der Waals surface area contributed by atoms with E-state index in [1.807, 2.05) is 0 Å². The van der Waals surface area contributed by atoms with E-state index in [2.05, 4.69) is 0 Å². The lowest BCUT2D eigenvalue weighted by Crippen LogP contribution is -2.26. The molecule has 1 aliphatic rings. The van der Waals surface area contributed by atoms with Gasteiger partial charge in [0.15, 0.2) is 0 Å². The van der Waals surface area contributed by atoms with Crippen LogP contribution in [0.5, 0.6) is 0 Å². The monoisotopic (exact) mass is 184 g/mol. The third-order valence-corrected chi connectivity index (χ3v) is 2.58. The minimum atomic E-state index is -0.216. The summed E-state index contributed by atoms with van der Waals surface area (Å²) in [6.45, 7) is 3.06. The number of ketones is 1. The molecule has 1 saturated carbocycles. The first-order valence-electron chi connectivity index (χ1n) is 4.77. The lowest BCUT2D eigenvalue weighted by molar-refractivity contribution is -0.148. The van der Waals surface area contributed by atoms with Crippen LogP contribution in [0.15, 0.2) is 0 Å². The molecule has 0 unspecified atom stereocenters. The van der Waals surface area contributed by atoms with E-state index in [1.165, 1.54) is 6.92 Å². The van der Waals surface area contributed by atoms with Gasteiger partial charge in [-0.2, -0.15) is 0 Å². The van der Waals surface area contributed by atoms with Gasteiger partial charge in [-0.3, -0.25) is 9.59 Å². The topological polar surface area (TPSA) is 43.4 Å². The molecule has 0 bridgehead atoms. The molecule has 0 aromatic rings. The van der Waals surface area contributed by atoms with Crippen molar-refractivity contribution in [1.82, 2.24) is 0 Å². The first kappa shape index (κ1) is 10.2. The maximum absolute atomic E-state index is 11.0. The zero-order valence-corrected chi connectivity index (χ0v) is 8.21. The van der Waals surface area contributed by atoms with Crippen LogP contribution in [0.3, 0.4) is 0 Å². The van der Waals surface area contributed by atoms with Crippen LogP contribution in [0.25, 0.3) is 0 Å². The smallest absolute Gasteiger partial charge is 0.302 e. The minimum Gasteiger partial charge on any atom is -0.463 e. The summed E-state index contributed by atoms with van der Waals surface area (Å²) in [5.41, 5.74) is 0. The maximum Gasteiger partial charge on any atom is 0.302 e. The lowest BCUT2D eigenvalue weighted by atomic mass is 9.85. The van der Waals surface area contributed by atoms with Crippen LogP contribution in [0.2, 0.25) is 0 Å². The van der Waals surface area contributed by atoms with Gasteiger partial charge >= 0.3 is 5.97 Å². The minimum absolute atomic E-state index is 0.0492. The van der Waals surface area contributed by atoms with Crippen molar-refractivity contribution in [1.29, 1.82) is 0 Å².